The van der Waals surface area contributed by atoms with E-state index >= 15 is 0 Å². The fourth-order valence-electron chi connectivity index (χ4n) is 1.96. The molecule has 0 spiro atoms. The summed E-state index contributed by atoms with van der Waals surface area (Å²) in [5.41, 5.74) is 1.48. The molecular formula is C13H19NO2S. The van der Waals surface area contributed by atoms with Crippen LogP contribution in [0.25, 0.3) is 5.57 Å². The van der Waals surface area contributed by atoms with E-state index in [1.165, 1.54) is 10.5 Å². The highest BCUT2D eigenvalue weighted by molar-refractivity contribution is 7.11. The third kappa shape index (κ3) is 3.92. The monoisotopic (exact) mass is 253 g/mol. The maximum atomic E-state index is 8.60. The van der Waals surface area contributed by atoms with Crippen LogP contribution in [0.5, 0.6) is 0 Å². The van der Waals surface area contributed by atoms with Crippen molar-refractivity contribution < 1.29 is 9.84 Å². The van der Waals surface area contributed by atoms with Gasteiger partial charge < -0.3 is 9.84 Å². The molecule has 3 nitrogen and oxygen atoms in total. The lowest BCUT2D eigenvalue weighted by molar-refractivity contribution is 0.0757. The zero-order chi connectivity index (χ0) is 11.9. The third-order valence-corrected chi connectivity index (χ3v) is 3.86. The summed E-state index contributed by atoms with van der Waals surface area (Å²) in [6, 6.07) is 4.30. The Bertz CT molecular complexity index is 348. The Labute approximate surface area is 106 Å². The van der Waals surface area contributed by atoms with Crippen LogP contribution in [-0.2, 0) is 4.74 Å². The third-order valence-electron chi connectivity index (χ3n) is 2.92. The molecule has 0 radical (unpaired) electrons. The van der Waals surface area contributed by atoms with E-state index in [0.29, 0.717) is 13.2 Å². The molecule has 1 N–H and O–H groups in total. The Morgan fingerprint density at radius 2 is 2.35 bits per heavy atom. The average Bonchev–Trinajstić information content (AvgIpc) is 2.89. The molecule has 2 rings (SSSR count). The highest BCUT2D eigenvalue weighted by atomic mass is 32.1. The second-order valence-electron chi connectivity index (χ2n) is 4.09. The van der Waals surface area contributed by atoms with Gasteiger partial charge in [-0.25, -0.2) is 0 Å². The van der Waals surface area contributed by atoms with Crippen LogP contribution in [0, 0.1) is 0 Å². The van der Waals surface area contributed by atoms with E-state index in [1.807, 2.05) is 11.3 Å². The highest BCUT2D eigenvalue weighted by Crippen LogP contribution is 2.25. The minimum Gasteiger partial charge on any atom is -0.394 e. The van der Waals surface area contributed by atoms with Gasteiger partial charge in [0.25, 0.3) is 0 Å². The summed E-state index contributed by atoms with van der Waals surface area (Å²) in [6.07, 6.45) is 3.45. The zero-order valence-electron chi connectivity index (χ0n) is 9.97. The normalized spacial score (nSPS) is 17.1. The smallest absolute Gasteiger partial charge is 0.0698 e. The highest BCUT2D eigenvalue weighted by Gasteiger charge is 2.12. The summed E-state index contributed by atoms with van der Waals surface area (Å²) >= 11 is 1.82. The molecule has 2 heterocycles. The Balaban J connectivity index is 1.73. The number of aliphatic hydroxyl groups excluding tert-OH is 1. The van der Waals surface area contributed by atoms with Crippen molar-refractivity contribution in [3.63, 3.8) is 0 Å². The number of nitrogens with zero attached hydrogens (tertiary/aromatic N) is 1. The van der Waals surface area contributed by atoms with Crippen LogP contribution in [0.4, 0.5) is 0 Å². The lowest BCUT2D eigenvalue weighted by atomic mass is 10.1. The number of hydrogen-bond donors (Lipinski definition) is 1. The molecule has 0 amide bonds. The van der Waals surface area contributed by atoms with Crippen LogP contribution in [0.1, 0.15) is 11.3 Å². The quantitative estimate of drug-likeness (QED) is 0.785. The van der Waals surface area contributed by atoms with Crippen molar-refractivity contribution in [2.75, 3.05) is 39.5 Å². The summed E-state index contributed by atoms with van der Waals surface area (Å²) < 4.78 is 5.27. The number of hydrogen-bond acceptors (Lipinski definition) is 4. The van der Waals surface area contributed by atoms with Crippen molar-refractivity contribution >= 4 is 16.9 Å². The Kier molecular flexibility index (Phi) is 5.19. The summed E-state index contributed by atoms with van der Waals surface area (Å²) in [5, 5.41) is 10.7. The first-order valence-electron chi connectivity index (χ1n) is 6.04. The molecule has 0 aromatic carbocycles. The molecular weight excluding hydrogens is 234 g/mol. The second kappa shape index (κ2) is 6.91. The molecule has 17 heavy (non-hydrogen) atoms. The molecule has 0 bridgehead atoms. The minimum atomic E-state index is 0.114. The standard InChI is InChI=1S/C13H19NO2S/c15-8-10-16-9-7-14-5-3-12(4-6-14)13-2-1-11-17-13/h1-3,11,15H,4-10H2. The molecule has 0 saturated carbocycles. The lowest BCUT2D eigenvalue weighted by Crippen LogP contribution is -2.31. The van der Waals surface area contributed by atoms with Crippen LogP contribution < -0.4 is 0 Å². The molecule has 0 aliphatic carbocycles. The largest absolute Gasteiger partial charge is 0.394 e. The first kappa shape index (κ1) is 12.8. The summed E-state index contributed by atoms with van der Waals surface area (Å²) in [4.78, 5) is 3.79. The molecule has 0 fully saturated rings. The van der Waals surface area contributed by atoms with Crippen molar-refractivity contribution in [2.24, 2.45) is 0 Å². The van der Waals surface area contributed by atoms with Crippen LogP contribution >= 0.6 is 11.3 Å². The fourth-order valence-corrected chi connectivity index (χ4v) is 2.76. The number of aliphatic hydroxyl groups is 1. The van der Waals surface area contributed by atoms with E-state index in [0.717, 1.165) is 26.1 Å². The van der Waals surface area contributed by atoms with Crippen molar-refractivity contribution in [1.29, 1.82) is 0 Å². The summed E-state index contributed by atoms with van der Waals surface area (Å²) in [6.45, 7) is 4.34. The van der Waals surface area contributed by atoms with Crippen LogP contribution in [-0.4, -0.2) is 49.5 Å². The van der Waals surface area contributed by atoms with Crippen LogP contribution in [0.2, 0.25) is 0 Å². The van der Waals surface area contributed by atoms with Gasteiger partial charge >= 0.3 is 0 Å². The predicted octanol–water partition coefficient (Wildman–Crippen LogP) is 1.85. The molecule has 0 atom stereocenters. The molecule has 0 saturated heterocycles. The second-order valence-corrected chi connectivity index (χ2v) is 5.04. The van der Waals surface area contributed by atoms with E-state index in [-0.39, 0.29) is 6.61 Å². The first-order chi connectivity index (χ1) is 8.40. The molecule has 1 aromatic rings. The molecule has 94 valence electrons. The van der Waals surface area contributed by atoms with Gasteiger partial charge in [-0.15, -0.1) is 11.3 Å². The van der Waals surface area contributed by atoms with Crippen LogP contribution in [0.3, 0.4) is 0 Å². The van der Waals surface area contributed by atoms with Gasteiger partial charge in [0.2, 0.25) is 0 Å². The molecule has 1 aliphatic rings. The molecule has 1 aliphatic heterocycles. The van der Waals surface area contributed by atoms with Crippen molar-refractivity contribution in [3.8, 4) is 0 Å². The summed E-state index contributed by atoms with van der Waals surface area (Å²) in [7, 11) is 0. The average molecular weight is 253 g/mol. The Hall–Kier alpha value is -0.680. The Morgan fingerprint density at radius 1 is 1.41 bits per heavy atom. The minimum absolute atomic E-state index is 0.114. The molecule has 0 unspecified atom stereocenters. The predicted molar refractivity (Wildman–Crippen MR) is 71.3 cm³/mol. The van der Waals surface area contributed by atoms with Gasteiger partial charge in [-0.05, 0) is 23.4 Å². The van der Waals surface area contributed by atoms with Gasteiger partial charge in [-0.3, -0.25) is 4.90 Å². The molecule has 1 aromatic heterocycles. The van der Waals surface area contributed by atoms with Crippen molar-refractivity contribution in [2.45, 2.75) is 6.42 Å². The van der Waals surface area contributed by atoms with Gasteiger partial charge in [0.05, 0.1) is 19.8 Å². The van der Waals surface area contributed by atoms with E-state index in [4.69, 9.17) is 9.84 Å². The van der Waals surface area contributed by atoms with Gasteiger partial charge in [-0.1, -0.05) is 12.1 Å². The first-order valence-corrected chi connectivity index (χ1v) is 6.92. The number of ether oxygens (including phenoxy) is 1. The SMILES string of the molecule is OCCOCCN1CC=C(c2cccs2)CC1. The van der Waals surface area contributed by atoms with E-state index in [9.17, 15) is 0 Å². The van der Waals surface area contributed by atoms with Gasteiger partial charge in [0.15, 0.2) is 0 Å². The zero-order valence-corrected chi connectivity index (χ0v) is 10.8. The van der Waals surface area contributed by atoms with Gasteiger partial charge in [0.1, 0.15) is 0 Å². The number of rotatable bonds is 6. The lowest BCUT2D eigenvalue weighted by Gasteiger charge is -2.25. The maximum Gasteiger partial charge on any atom is 0.0698 e. The topological polar surface area (TPSA) is 32.7 Å². The van der Waals surface area contributed by atoms with Crippen LogP contribution in [0.15, 0.2) is 23.6 Å². The maximum absolute atomic E-state index is 8.60. The van der Waals surface area contributed by atoms with E-state index in [2.05, 4.69) is 28.5 Å². The van der Waals surface area contributed by atoms with E-state index < -0.39 is 0 Å². The van der Waals surface area contributed by atoms with E-state index in [1.54, 1.807) is 0 Å². The number of thiophene rings is 1. The fraction of sp³-hybridized carbons (Fsp3) is 0.538. The summed E-state index contributed by atoms with van der Waals surface area (Å²) in [5.74, 6) is 0. The Morgan fingerprint density at radius 3 is 3.00 bits per heavy atom. The van der Waals surface area contributed by atoms with Crippen molar-refractivity contribution in [1.82, 2.24) is 4.90 Å². The van der Waals surface area contributed by atoms with Crippen molar-refractivity contribution in [3.05, 3.63) is 28.5 Å². The van der Waals surface area contributed by atoms with Gasteiger partial charge in [-0.2, -0.15) is 0 Å². The van der Waals surface area contributed by atoms with Gasteiger partial charge in [0, 0.05) is 24.5 Å². The molecule has 4 heteroatoms.